The van der Waals surface area contributed by atoms with Crippen molar-refractivity contribution in [3.63, 3.8) is 0 Å². The molecule has 1 atom stereocenters. The molecule has 1 saturated heterocycles. The minimum atomic E-state index is -3.19. The molecule has 120 valence electrons. The van der Waals surface area contributed by atoms with Gasteiger partial charge in [0.25, 0.3) is 0 Å². The van der Waals surface area contributed by atoms with E-state index in [1.807, 2.05) is 0 Å². The van der Waals surface area contributed by atoms with Crippen LogP contribution < -0.4 is 5.32 Å². The van der Waals surface area contributed by atoms with Gasteiger partial charge in [-0.05, 0) is 39.5 Å². The lowest BCUT2D eigenvalue weighted by Crippen LogP contribution is -2.57. The lowest BCUT2D eigenvalue weighted by Gasteiger charge is -2.32. The first kappa shape index (κ1) is 16.3. The van der Waals surface area contributed by atoms with Crippen LogP contribution in [-0.2, 0) is 19.4 Å². The highest BCUT2D eigenvalue weighted by Gasteiger charge is 2.51. The average Bonchev–Trinajstić information content (AvgIpc) is 3.21. The number of carbonyl (C=O) groups excluding carboxylic acids is 2. The average molecular weight is 316 g/mol. The van der Waals surface area contributed by atoms with Crippen molar-refractivity contribution in [2.75, 3.05) is 18.8 Å². The summed E-state index contributed by atoms with van der Waals surface area (Å²) < 4.78 is 23.8. The van der Waals surface area contributed by atoms with Crippen LogP contribution in [0.5, 0.6) is 0 Å². The Bertz CT molecular complexity index is 539. The zero-order valence-corrected chi connectivity index (χ0v) is 13.7. The maximum absolute atomic E-state index is 12.7. The van der Waals surface area contributed by atoms with Crippen LogP contribution in [0.25, 0.3) is 0 Å². The number of nitrogens with zero attached hydrogens (tertiary/aromatic N) is 1. The van der Waals surface area contributed by atoms with Crippen LogP contribution in [0.4, 0.5) is 0 Å². The van der Waals surface area contributed by atoms with Gasteiger partial charge in [0.1, 0.15) is 5.54 Å². The van der Waals surface area contributed by atoms with Crippen molar-refractivity contribution in [3.8, 4) is 0 Å². The minimum absolute atomic E-state index is 0.0503. The summed E-state index contributed by atoms with van der Waals surface area (Å²) in [7, 11) is -3.19. The Morgan fingerprint density at radius 2 is 1.95 bits per heavy atom. The van der Waals surface area contributed by atoms with Gasteiger partial charge in [0, 0.05) is 19.5 Å². The number of nitrogens with one attached hydrogen (secondary N) is 1. The monoisotopic (exact) mass is 316 g/mol. The van der Waals surface area contributed by atoms with Crippen molar-refractivity contribution in [1.29, 1.82) is 0 Å². The van der Waals surface area contributed by atoms with E-state index in [2.05, 4.69) is 5.32 Å². The van der Waals surface area contributed by atoms with Gasteiger partial charge in [-0.2, -0.15) is 0 Å². The second-order valence-corrected chi connectivity index (χ2v) is 9.16. The Labute approximate surface area is 126 Å². The van der Waals surface area contributed by atoms with Crippen molar-refractivity contribution in [3.05, 3.63) is 0 Å². The maximum Gasteiger partial charge on any atom is 0.248 e. The molecule has 0 bridgehead atoms. The van der Waals surface area contributed by atoms with Crippen LogP contribution in [0.15, 0.2) is 0 Å². The lowest BCUT2D eigenvalue weighted by molar-refractivity contribution is -0.138. The molecule has 0 radical (unpaired) electrons. The summed E-state index contributed by atoms with van der Waals surface area (Å²) in [6.07, 6.45) is 2.09. The van der Waals surface area contributed by atoms with Crippen molar-refractivity contribution in [2.45, 2.75) is 50.8 Å². The van der Waals surface area contributed by atoms with Crippen molar-refractivity contribution >= 4 is 21.7 Å². The molecule has 0 aromatic carbocycles. The molecule has 1 unspecified atom stereocenters. The topological polar surface area (TPSA) is 83.6 Å². The second-order valence-electron chi connectivity index (χ2n) is 6.48. The van der Waals surface area contributed by atoms with Crippen molar-refractivity contribution < 1.29 is 18.0 Å². The first-order chi connectivity index (χ1) is 9.67. The molecule has 1 aliphatic carbocycles. The summed E-state index contributed by atoms with van der Waals surface area (Å²) in [5.74, 6) is -0.149. The Balaban J connectivity index is 2.11. The summed E-state index contributed by atoms with van der Waals surface area (Å²) in [5.41, 5.74) is -0.866. The standard InChI is InChI=1S/C14H24N2O4S/c1-10(2)21(19,20)9-8-16-7-6-12(17)15-14(3,13(16)18)11-4-5-11/h10-11H,4-9H2,1-3H3,(H,15,17). The summed E-state index contributed by atoms with van der Waals surface area (Å²) in [6.45, 7) is 5.50. The molecule has 0 spiro atoms. The summed E-state index contributed by atoms with van der Waals surface area (Å²) in [6, 6.07) is 0. The van der Waals surface area contributed by atoms with Gasteiger partial charge in [0.15, 0.2) is 9.84 Å². The zero-order chi connectivity index (χ0) is 15.8. The highest BCUT2D eigenvalue weighted by molar-refractivity contribution is 7.92. The van der Waals surface area contributed by atoms with Crippen LogP contribution in [-0.4, -0.2) is 54.8 Å². The highest BCUT2D eigenvalue weighted by Crippen LogP contribution is 2.41. The van der Waals surface area contributed by atoms with E-state index in [0.717, 1.165) is 12.8 Å². The first-order valence-corrected chi connectivity index (χ1v) is 9.20. The van der Waals surface area contributed by atoms with Gasteiger partial charge in [-0.3, -0.25) is 9.59 Å². The molecule has 0 aromatic heterocycles. The molecule has 2 amide bonds. The molecule has 2 aliphatic rings. The van der Waals surface area contributed by atoms with Crippen LogP contribution in [0, 0.1) is 5.92 Å². The third-order valence-electron chi connectivity index (χ3n) is 4.50. The van der Waals surface area contributed by atoms with E-state index in [1.54, 1.807) is 20.8 Å². The van der Waals surface area contributed by atoms with E-state index in [4.69, 9.17) is 0 Å². The second kappa shape index (κ2) is 5.59. The van der Waals surface area contributed by atoms with Gasteiger partial charge in [-0.25, -0.2) is 8.42 Å². The smallest absolute Gasteiger partial charge is 0.248 e. The van der Waals surface area contributed by atoms with Gasteiger partial charge in [-0.1, -0.05) is 0 Å². The Hall–Kier alpha value is -1.11. The molecule has 1 saturated carbocycles. The largest absolute Gasteiger partial charge is 0.342 e. The van der Waals surface area contributed by atoms with Gasteiger partial charge in [0.05, 0.1) is 11.0 Å². The summed E-state index contributed by atoms with van der Waals surface area (Å²) in [4.78, 5) is 26.1. The minimum Gasteiger partial charge on any atom is -0.342 e. The number of carbonyl (C=O) groups is 2. The SMILES string of the molecule is CC(C)S(=O)(=O)CCN1CCC(=O)NC(C)(C2CC2)C1=O. The fraction of sp³-hybridized carbons (Fsp3) is 0.857. The molecule has 21 heavy (non-hydrogen) atoms. The van der Waals surface area contributed by atoms with Gasteiger partial charge >= 0.3 is 0 Å². The molecule has 1 aliphatic heterocycles. The van der Waals surface area contributed by atoms with Gasteiger partial charge in [0.2, 0.25) is 11.8 Å². The molecule has 2 rings (SSSR count). The molecule has 7 heteroatoms. The van der Waals surface area contributed by atoms with Crippen molar-refractivity contribution in [2.24, 2.45) is 5.92 Å². The summed E-state index contributed by atoms with van der Waals surface area (Å²) in [5, 5.41) is 2.39. The predicted octanol–water partition coefficient (Wildman–Crippen LogP) is 0.327. The van der Waals surface area contributed by atoms with Gasteiger partial charge in [-0.15, -0.1) is 0 Å². The van der Waals surface area contributed by atoms with E-state index < -0.39 is 20.6 Å². The van der Waals surface area contributed by atoms with E-state index in [9.17, 15) is 18.0 Å². The molecular formula is C14H24N2O4S. The first-order valence-electron chi connectivity index (χ1n) is 7.49. The fourth-order valence-electron chi connectivity index (χ4n) is 2.70. The summed E-state index contributed by atoms with van der Waals surface area (Å²) >= 11 is 0. The molecule has 0 aromatic rings. The third kappa shape index (κ3) is 3.39. The maximum atomic E-state index is 12.7. The number of rotatable bonds is 5. The Morgan fingerprint density at radius 3 is 2.48 bits per heavy atom. The van der Waals surface area contributed by atoms with Gasteiger partial charge < -0.3 is 10.2 Å². The Kier molecular flexibility index (Phi) is 4.33. The zero-order valence-electron chi connectivity index (χ0n) is 12.9. The molecule has 1 N–H and O–H groups in total. The predicted molar refractivity (Wildman–Crippen MR) is 79.4 cm³/mol. The Morgan fingerprint density at radius 1 is 1.33 bits per heavy atom. The normalized spacial score (nSPS) is 27.7. The van der Waals surface area contributed by atoms with E-state index in [0.29, 0.717) is 6.54 Å². The quantitative estimate of drug-likeness (QED) is 0.792. The molecular weight excluding hydrogens is 292 g/mol. The van der Waals surface area contributed by atoms with Crippen LogP contribution in [0.3, 0.4) is 0 Å². The van der Waals surface area contributed by atoms with Crippen LogP contribution in [0.2, 0.25) is 0 Å². The van der Waals surface area contributed by atoms with Crippen LogP contribution in [0.1, 0.15) is 40.0 Å². The van der Waals surface area contributed by atoms with E-state index in [-0.39, 0.29) is 36.5 Å². The molecule has 2 fully saturated rings. The number of hydrogen-bond donors (Lipinski definition) is 1. The fourth-order valence-corrected chi connectivity index (χ4v) is 3.64. The number of sulfone groups is 1. The van der Waals surface area contributed by atoms with Crippen molar-refractivity contribution in [1.82, 2.24) is 10.2 Å². The highest BCUT2D eigenvalue weighted by atomic mass is 32.2. The number of hydrogen-bond acceptors (Lipinski definition) is 4. The number of amides is 2. The van der Waals surface area contributed by atoms with E-state index in [1.165, 1.54) is 4.90 Å². The molecule has 1 heterocycles. The third-order valence-corrected chi connectivity index (χ3v) is 6.69. The van der Waals surface area contributed by atoms with E-state index >= 15 is 0 Å². The molecule has 6 nitrogen and oxygen atoms in total. The van der Waals surface area contributed by atoms with Crippen LogP contribution >= 0.6 is 0 Å². The lowest BCUT2D eigenvalue weighted by atomic mass is 9.94.